The largest absolute Gasteiger partial charge is 0.507 e. The van der Waals surface area contributed by atoms with Crippen LogP contribution in [0.25, 0.3) is 5.76 Å². The number of aliphatic hydroxyl groups is 1. The second-order valence-corrected chi connectivity index (χ2v) is 9.52. The summed E-state index contributed by atoms with van der Waals surface area (Å²) in [5.41, 5.74) is 0.955. The van der Waals surface area contributed by atoms with Crippen molar-refractivity contribution >= 4 is 39.9 Å². The Bertz CT molecular complexity index is 1490. The molecule has 2 aromatic carbocycles. The predicted octanol–water partition coefficient (Wildman–Crippen LogP) is 4.84. The number of aromatic nitrogens is 1. The molecule has 0 bridgehead atoms. The van der Waals surface area contributed by atoms with Crippen LogP contribution in [0, 0.1) is 6.92 Å². The van der Waals surface area contributed by atoms with E-state index in [4.69, 9.17) is 18.9 Å². The number of rotatable bonds is 10. The van der Waals surface area contributed by atoms with Gasteiger partial charge in [-0.1, -0.05) is 30.1 Å². The van der Waals surface area contributed by atoms with Gasteiger partial charge in [0.05, 0.1) is 38.1 Å². The van der Waals surface area contributed by atoms with Crippen LogP contribution in [0.1, 0.15) is 39.5 Å². The van der Waals surface area contributed by atoms with Crippen LogP contribution >= 0.6 is 11.3 Å². The standard InChI is InChI=1S/C29H28N2O8S/c1-6-14-39-19-11-8-17(9-12-19)24(32)22-23(18-10-13-20(36-4)21(15-18)37-5)31(27(34)25(22)33)29-30-16(3)26(40-29)28(35)38-7-2/h6,8-13,15,23,32H,1,7,14H2,2-5H3/b24-22+. The summed E-state index contributed by atoms with van der Waals surface area (Å²) in [6.07, 6.45) is 1.60. The Balaban J connectivity index is 1.89. The highest BCUT2D eigenvalue weighted by atomic mass is 32.1. The van der Waals surface area contributed by atoms with E-state index >= 15 is 0 Å². The molecule has 1 aliphatic rings. The number of carbonyl (C=O) groups excluding carboxylic acids is 3. The molecule has 0 saturated carbocycles. The van der Waals surface area contributed by atoms with Crippen LogP contribution in [-0.2, 0) is 14.3 Å². The number of amides is 1. The van der Waals surface area contributed by atoms with Gasteiger partial charge in [0.1, 0.15) is 23.0 Å². The summed E-state index contributed by atoms with van der Waals surface area (Å²) in [6.45, 7) is 7.38. The highest BCUT2D eigenvalue weighted by molar-refractivity contribution is 7.17. The minimum atomic E-state index is -1.09. The van der Waals surface area contributed by atoms with E-state index in [1.54, 1.807) is 62.4 Å². The molecule has 1 aliphatic heterocycles. The molecule has 10 nitrogen and oxygen atoms in total. The van der Waals surface area contributed by atoms with Crippen molar-refractivity contribution in [1.29, 1.82) is 0 Å². The Kier molecular flexibility index (Phi) is 8.54. The van der Waals surface area contributed by atoms with Crippen molar-refractivity contribution in [1.82, 2.24) is 4.98 Å². The van der Waals surface area contributed by atoms with Crippen LogP contribution < -0.4 is 19.1 Å². The fraction of sp³-hybridized carbons (Fsp3) is 0.241. The van der Waals surface area contributed by atoms with Crippen molar-refractivity contribution in [3.05, 3.63) is 82.4 Å². The predicted molar refractivity (Wildman–Crippen MR) is 149 cm³/mol. The highest BCUT2D eigenvalue weighted by Gasteiger charge is 2.48. The van der Waals surface area contributed by atoms with E-state index in [-0.39, 0.29) is 27.9 Å². The summed E-state index contributed by atoms with van der Waals surface area (Å²) >= 11 is 0.928. The number of esters is 1. The normalized spacial score (nSPS) is 16.1. The fourth-order valence-electron chi connectivity index (χ4n) is 4.26. The molecule has 1 amide bonds. The molecule has 0 spiro atoms. The fourth-order valence-corrected chi connectivity index (χ4v) is 5.25. The summed E-state index contributed by atoms with van der Waals surface area (Å²) in [7, 11) is 2.95. The van der Waals surface area contributed by atoms with Crippen LogP contribution in [0.15, 0.2) is 60.7 Å². The lowest BCUT2D eigenvalue weighted by atomic mass is 9.95. The first kappa shape index (κ1) is 28.4. The van der Waals surface area contributed by atoms with Crippen molar-refractivity contribution < 1.29 is 38.4 Å². The van der Waals surface area contributed by atoms with Crippen LogP contribution in [0.5, 0.6) is 17.2 Å². The smallest absolute Gasteiger partial charge is 0.350 e. The quantitative estimate of drug-likeness (QED) is 0.121. The van der Waals surface area contributed by atoms with Crippen molar-refractivity contribution in [3.63, 3.8) is 0 Å². The van der Waals surface area contributed by atoms with E-state index in [0.717, 1.165) is 11.3 Å². The van der Waals surface area contributed by atoms with Gasteiger partial charge in [0.15, 0.2) is 16.6 Å². The lowest BCUT2D eigenvalue weighted by molar-refractivity contribution is -0.132. The Hall–Kier alpha value is -4.64. The number of Topliss-reactive ketones (excluding diaryl/α,β-unsaturated/α-hetero) is 1. The number of anilines is 1. The molecular formula is C29H28N2O8S. The molecule has 1 saturated heterocycles. The van der Waals surface area contributed by atoms with Crippen molar-refractivity contribution in [2.75, 3.05) is 32.3 Å². The molecule has 1 N–H and O–H groups in total. The molecular weight excluding hydrogens is 536 g/mol. The molecule has 3 aromatic rings. The lowest BCUT2D eigenvalue weighted by Crippen LogP contribution is -2.29. The Morgan fingerprint density at radius 3 is 2.45 bits per heavy atom. The van der Waals surface area contributed by atoms with Crippen LogP contribution in [0.4, 0.5) is 5.13 Å². The SMILES string of the molecule is C=CCOc1ccc(/C(O)=C2\C(=O)C(=O)N(c3nc(C)c(C(=O)OCC)s3)C2c2ccc(OC)c(OC)c2)cc1. The molecule has 40 heavy (non-hydrogen) atoms. The number of methoxy groups -OCH3 is 2. The number of hydrogen-bond donors (Lipinski definition) is 1. The van der Waals surface area contributed by atoms with Gasteiger partial charge in [-0.25, -0.2) is 9.78 Å². The number of carbonyl (C=O) groups is 3. The maximum atomic E-state index is 13.5. The van der Waals surface area contributed by atoms with Gasteiger partial charge in [-0.3, -0.25) is 14.5 Å². The molecule has 2 heterocycles. The second-order valence-electron chi connectivity index (χ2n) is 8.54. The van der Waals surface area contributed by atoms with Crippen molar-refractivity contribution in [2.24, 2.45) is 0 Å². The number of benzene rings is 2. The molecule has 11 heteroatoms. The summed E-state index contributed by atoms with van der Waals surface area (Å²) in [6, 6.07) is 10.3. The van der Waals surface area contributed by atoms with E-state index in [0.29, 0.717) is 40.7 Å². The highest BCUT2D eigenvalue weighted by Crippen LogP contribution is 2.45. The number of ether oxygens (including phenoxy) is 4. The molecule has 1 fully saturated rings. The Morgan fingerprint density at radius 2 is 1.82 bits per heavy atom. The van der Waals surface area contributed by atoms with Gasteiger partial charge >= 0.3 is 11.9 Å². The average molecular weight is 565 g/mol. The van der Waals surface area contributed by atoms with Gasteiger partial charge in [0.2, 0.25) is 0 Å². The molecule has 1 unspecified atom stereocenters. The maximum absolute atomic E-state index is 13.5. The van der Waals surface area contributed by atoms with Gasteiger partial charge in [-0.2, -0.15) is 0 Å². The van der Waals surface area contributed by atoms with Crippen LogP contribution in [-0.4, -0.2) is 55.2 Å². The Labute approximate surface area is 235 Å². The van der Waals surface area contributed by atoms with Gasteiger partial charge in [-0.05, 0) is 55.8 Å². The number of ketones is 1. The minimum absolute atomic E-state index is 0.106. The van der Waals surface area contributed by atoms with Crippen LogP contribution in [0.2, 0.25) is 0 Å². The van der Waals surface area contributed by atoms with Crippen molar-refractivity contribution in [2.45, 2.75) is 19.9 Å². The first-order chi connectivity index (χ1) is 19.2. The molecule has 4 rings (SSSR count). The zero-order valence-electron chi connectivity index (χ0n) is 22.4. The third-order valence-corrected chi connectivity index (χ3v) is 7.25. The topological polar surface area (TPSA) is 124 Å². The second kappa shape index (κ2) is 12.0. The van der Waals surface area contributed by atoms with E-state index in [1.165, 1.54) is 19.1 Å². The molecule has 208 valence electrons. The monoisotopic (exact) mass is 564 g/mol. The van der Waals surface area contributed by atoms with E-state index in [2.05, 4.69) is 11.6 Å². The zero-order valence-corrected chi connectivity index (χ0v) is 23.2. The van der Waals surface area contributed by atoms with Gasteiger partial charge < -0.3 is 24.1 Å². The third-order valence-electron chi connectivity index (χ3n) is 6.12. The number of nitrogens with zero attached hydrogens (tertiary/aromatic N) is 2. The van der Waals surface area contributed by atoms with E-state index < -0.39 is 23.7 Å². The average Bonchev–Trinajstić information content (AvgIpc) is 3.47. The summed E-state index contributed by atoms with van der Waals surface area (Å²) < 4.78 is 21.4. The van der Waals surface area contributed by atoms with E-state index in [9.17, 15) is 19.5 Å². The zero-order chi connectivity index (χ0) is 29.0. The number of aryl methyl sites for hydroxylation is 1. The molecule has 0 aliphatic carbocycles. The first-order valence-electron chi connectivity index (χ1n) is 12.3. The van der Waals surface area contributed by atoms with Crippen LogP contribution in [0.3, 0.4) is 0 Å². The van der Waals surface area contributed by atoms with Gasteiger partial charge in [-0.15, -0.1) is 0 Å². The number of thiazole rings is 1. The number of hydrogen-bond acceptors (Lipinski definition) is 10. The summed E-state index contributed by atoms with van der Waals surface area (Å²) in [5, 5.41) is 11.5. The van der Waals surface area contributed by atoms with Gasteiger partial charge in [0.25, 0.3) is 5.78 Å². The lowest BCUT2D eigenvalue weighted by Gasteiger charge is -2.23. The maximum Gasteiger partial charge on any atom is 0.350 e. The summed E-state index contributed by atoms with van der Waals surface area (Å²) in [4.78, 5) is 45.3. The van der Waals surface area contributed by atoms with Gasteiger partial charge in [0, 0.05) is 5.56 Å². The van der Waals surface area contributed by atoms with Crippen molar-refractivity contribution in [3.8, 4) is 17.2 Å². The Morgan fingerprint density at radius 1 is 1.12 bits per heavy atom. The number of aliphatic hydroxyl groups excluding tert-OH is 1. The first-order valence-corrected chi connectivity index (χ1v) is 13.1. The minimum Gasteiger partial charge on any atom is -0.507 e. The molecule has 0 radical (unpaired) electrons. The third kappa shape index (κ3) is 5.28. The molecule has 1 aromatic heterocycles. The van der Waals surface area contributed by atoms with E-state index in [1.807, 2.05) is 0 Å². The molecule has 1 atom stereocenters. The summed E-state index contributed by atoms with van der Waals surface area (Å²) in [5.74, 6) is -1.44.